The summed E-state index contributed by atoms with van der Waals surface area (Å²) in [6.45, 7) is 1.71. The van der Waals surface area contributed by atoms with Crippen LogP contribution in [0.2, 0.25) is 0 Å². The van der Waals surface area contributed by atoms with Gasteiger partial charge in [-0.05, 0) is 38.0 Å². The van der Waals surface area contributed by atoms with Crippen molar-refractivity contribution in [3.05, 3.63) is 80.8 Å². The van der Waals surface area contributed by atoms with Gasteiger partial charge in [0.2, 0.25) is 15.9 Å². The number of sulfonamides is 1. The second-order valence-corrected chi connectivity index (χ2v) is 10.3. The second-order valence-electron chi connectivity index (χ2n) is 8.35. The van der Waals surface area contributed by atoms with Crippen LogP contribution in [0.25, 0.3) is 5.69 Å². The molecule has 3 aromatic rings. The summed E-state index contributed by atoms with van der Waals surface area (Å²) in [5.74, 6) is -1.19. The minimum absolute atomic E-state index is 0.125. The van der Waals surface area contributed by atoms with E-state index in [1.54, 1.807) is 42.9 Å². The number of benzene rings is 2. The highest BCUT2D eigenvalue weighted by Crippen LogP contribution is 2.30. The van der Waals surface area contributed by atoms with E-state index in [2.05, 4.69) is 5.32 Å². The van der Waals surface area contributed by atoms with E-state index in [1.165, 1.54) is 22.9 Å². The first-order valence-corrected chi connectivity index (χ1v) is 12.5. The Hall–Kier alpha value is -3.77. The number of nitro groups is 1. The largest absolute Gasteiger partial charge is 0.320 e. The molecule has 1 fully saturated rings. The molecule has 35 heavy (non-hydrogen) atoms. The zero-order valence-electron chi connectivity index (χ0n) is 19.2. The third-order valence-corrected chi connectivity index (χ3v) is 8.15. The van der Waals surface area contributed by atoms with Crippen LogP contribution in [0.5, 0.6) is 0 Å². The molecule has 0 saturated carbocycles. The molecule has 11 nitrogen and oxygen atoms in total. The summed E-state index contributed by atoms with van der Waals surface area (Å²) in [7, 11) is -2.48. The van der Waals surface area contributed by atoms with Gasteiger partial charge >= 0.3 is 0 Å². The number of hydrogen-bond donors (Lipinski definition) is 1. The predicted molar refractivity (Wildman–Crippen MR) is 129 cm³/mol. The molecule has 1 unspecified atom stereocenters. The van der Waals surface area contributed by atoms with Gasteiger partial charge in [0, 0.05) is 26.2 Å². The van der Waals surface area contributed by atoms with Crippen LogP contribution >= 0.6 is 0 Å². The Morgan fingerprint density at radius 3 is 2.46 bits per heavy atom. The van der Waals surface area contributed by atoms with E-state index in [9.17, 15) is 28.1 Å². The molecule has 1 N–H and O–H groups in total. The standard InChI is InChI=1S/C23H25N5O6S/c1-16-21(23(30)27(25(16)2)18-10-4-3-5-11-18)24-22(29)17-9-8-14-26(15-17)35(33,34)20-13-7-6-12-19(20)28(31)32/h3-7,10-13,17H,8-9,14-15H2,1-2H3,(H,24,29). The molecule has 1 aliphatic rings. The number of para-hydroxylation sites is 2. The monoisotopic (exact) mass is 499 g/mol. The maximum Gasteiger partial charge on any atom is 0.295 e. The van der Waals surface area contributed by atoms with Gasteiger partial charge < -0.3 is 5.32 Å². The molecule has 184 valence electrons. The number of nitro benzene ring substituents is 1. The molecule has 1 aromatic heterocycles. The Labute approximate surface area is 201 Å². The van der Waals surface area contributed by atoms with E-state index in [-0.39, 0.29) is 18.8 Å². The van der Waals surface area contributed by atoms with Crippen molar-refractivity contribution in [1.82, 2.24) is 13.7 Å². The quantitative estimate of drug-likeness (QED) is 0.409. The van der Waals surface area contributed by atoms with Crippen molar-refractivity contribution in [2.24, 2.45) is 13.0 Å². The molecular formula is C23H25N5O6S. The molecule has 0 radical (unpaired) electrons. The normalized spacial score (nSPS) is 16.7. The van der Waals surface area contributed by atoms with Crippen LogP contribution in [0.15, 0.2) is 64.3 Å². The maximum absolute atomic E-state index is 13.2. The molecule has 1 saturated heterocycles. The van der Waals surface area contributed by atoms with Crippen LogP contribution in [0.1, 0.15) is 18.5 Å². The number of rotatable bonds is 6. The molecule has 1 amide bonds. The molecule has 4 rings (SSSR count). The van der Waals surface area contributed by atoms with Crippen molar-refractivity contribution in [3.8, 4) is 5.69 Å². The third-order valence-electron chi connectivity index (χ3n) is 6.24. The number of amides is 1. The van der Waals surface area contributed by atoms with Crippen LogP contribution in [-0.4, -0.2) is 46.0 Å². The number of anilines is 1. The lowest BCUT2D eigenvalue weighted by Gasteiger charge is -2.31. The Morgan fingerprint density at radius 2 is 1.77 bits per heavy atom. The Bertz CT molecular complexity index is 1440. The van der Waals surface area contributed by atoms with Crippen LogP contribution in [-0.2, 0) is 21.9 Å². The summed E-state index contributed by atoms with van der Waals surface area (Å²) in [4.78, 5) is 36.4. The molecule has 0 spiro atoms. The lowest BCUT2D eigenvalue weighted by atomic mass is 9.99. The van der Waals surface area contributed by atoms with E-state index in [1.807, 2.05) is 6.07 Å². The number of carbonyl (C=O) groups excluding carboxylic acids is 1. The number of piperidine rings is 1. The molecule has 12 heteroatoms. The zero-order valence-corrected chi connectivity index (χ0v) is 20.1. The molecule has 0 bridgehead atoms. The molecule has 1 aliphatic heterocycles. The summed E-state index contributed by atoms with van der Waals surface area (Å²) >= 11 is 0. The predicted octanol–water partition coefficient (Wildman–Crippen LogP) is 2.43. The Kier molecular flexibility index (Phi) is 6.59. The zero-order chi connectivity index (χ0) is 25.3. The van der Waals surface area contributed by atoms with Gasteiger partial charge in [0.25, 0.3) is 11.2 Å². The summed E-state index contributed by atoms with van der Waals surface area (Å²) in [5, 5.41) is 14.0. The first-order chi connectivity index (χ1) is 16.6. The maximum atomic E-state index is 13.2. The molecular weight excluding hydrogens is 474 g/mol. The van der Waals surface area contributed by atoms with Gasteiger partial charge in [-0.1, -0.05) is 30.3 Å². The first kappa shape index (κ1) is 24.4. The summed E-state index contributed by atoms with van der Waals surface area (Å²) in [5.41, 5.74) is 0.403. The summed E-state index contributed by atoms with van der Waals surface area (Å²) < 4.78 is 30.6. The van der Waals surface area contributed by atoms with Crippen LogP contribution in [0.4, 0.5) is 11.4 Å². The van der Waals surface area contributed by atoms with Gasteiger partial charge in [-0.3, -0.25) is 24.4 Å². The van der Waals surface area contributed by atoms with E-state index >= 15 is 0 Å². The van der Waals surface area contributed by atoms with Crippen LogP contribution in [0, 0.1) is 23.0 Å². The summed E-state index contributed by atoms with van der Waals surface area (Å²) in [6.07, 6.45) is 0.827. The van der Waals surface area contributed by atoms with Gasteiger partial charge in [0.05, 0.1) is 22.2 Å². The van der Waals surface area contributed by atoms with Crippen molar-refractivity contribution in [2.75, 3.05) is 18.4 Å². The lowest BCUT2D eigenvalue weighted by Crippen LogP contribution is -2.44. The second kappa shape index (κ2) is 9.47. The summed E-state index contributed by atoms with van der Waals surface area (Å²) in [6, 6.07) is 14.1. The topological polar surface area (TPSA) is 137 Å². The Morgan fingerprint density at radius 1 is 1.11 bits per heavy atom. The minimum atomic E-state index is -4.19. The average molecular weight is 500 g/mol. The van der Waals surface area contributed by atoms with Gasteiger partial charge in [-0.15, -0.1) is 0 Å². The van der Waals surface area contributed by atoms with Gasteiger partial charge in [0.1, 0.15) is 5.69 Å². The molecule has 2 aromatic carbocycles. The van der Waals surface area contributed by atoms with E-state index in [0.29, 0.717) is 24.2 Å². The van der Waals surface area contributed by atoms with Crippen LogP contribution < -0.4 is 10.9 Å². The number of nitrogens with zero attached hydrogens (tertiary/aromatic N) is 4. The SMILES string of the molecule is Cc1c(NC(=O)C2CCCN(S(=O)(=O)c3ccccc3[N+](=O)[O-])C2)c(=O)n(-c2ccccc2)n1C. The van der Waals surface area contributed by atoms with Crippen LogP contribution in [0.3, 0.4) is 0 Å². The highest BCUT2D eigenvalue weighted by atomic mass is 32.2. The molecule has 0 aliphatic carbocycles. The van der Waals surface area contributed by atoms with Gasteiger partial charge in [-0.2, -0.15) is 4.31 Å². The fourth-order valence-electron chi connectivity index (χ4n) is 4.28. The van der Waals surface area contributed by atoms with Crippen molar-refractivity contribution >= 4 is 27.3 Å². The lowest BCUT2D eigenvalue weighted by molar-refractivity contribution is -0.387. The fraction of sp³-hybridized carbons (Fsp3) is 0.304. The van der Waals surface area contributed by atoms with Crippen molar-refractivity contribution in [1.29, 1.82) is 0 Å². The average Bonchev–Trinajstić information content (AvgIpc) is 3.07. The van der Waals surface area contributed by atoms with Crippen molar-refractivity contribution in [2.45, 2.75) is 24.7 Å². The smallest absolute Gasteiger partial charge is 0.295 e. The molecule has 1 atom stereocenters. The highest BCUT2D eigenvalue weighted by Gasteiger charge is 2.37. The third kappa shape index (κ3) is 4.49. The fourth-order valence-corrected chi connectivity index (χ4v) is 5.96. The highest BCUT2D eigenvalue weighted by molar-refractivity contribution is 7.89. The van der Waals surface area contributed by atoms with Gasteiger partial charge in [0.15, 0.2) is 4.90 Å². The van der Waals surface area contributed by atoms with Gasteiger partial charge in [-0.25, -0.2) is 13.1 Å². The Balaban J connectivity index is 1.58. The van der Waals surface area contributed by atoms with Crippen molar-refractivity contribution in [3.63, 3.8) is 0 Å². The van der Waals surface area contributed by atoms with E-state index in [4.69, 9.17) is 0 Å². The van der Waals surface area contributed by atoms with E-state index < -0.39 is 42.9 Å². The number of hydrogen-bond acceptors (Lipinski definition) is 6. The molecule has 2 heterocycles. The first-order valence-electron chi connectivity index (χ1n) is 11.0. The number of carbonyl (C=O) groups is 1. The van der Waals surface area contributed by atoms with Crippen molar-refractivity contribution < 1.29 is 18.1 Å². The van der Waals surface area contributed by atoms with E-state index in [0.717, 1.165) is 10.4 Å². The minimum Gasteiger partial charge on any atom is -0.320 e. The number of nitrogens with one attached hydrogen (secondary N) is 1. The number of aromatic nitrogens is 2.